The van der Waals surface area contributed by atoms with E-state index in [-0.39, 0.29) is 17.4 Å². The van der Waals surface area contributed by atoms with Crippen LogP contribution in [0.1, 0.15) is 68.7 Å². The molecule has 0 bridgehead atoms. The van der Waals surface area contributed by atoms with Gasteiger partial charge in [-0.15, -0.1) is 5.10 Å². The lowest BCUT2D eigenvalue weighted by molar-refractivity contribution is 0.0701. The van der Waals surface area contributed by atoms with Crippen LogP contribution < -0.4 is 5.73 Å². The maximum absolute atomic E-state index is 13.0. The highest BCUT2D eigenvalue weighted by Crippen LogP contribution is 2.24. The first-order valence-electron chi connectivity index (χ1n) is 9.91. The van der Waals surface area contributed by atoms with Gasteiger partial charge in [0.1, 0.15) is 0 Å². The summed E-state index contributed by atoms with van der Waals surface area (Å²) in [4.78, 5) is 14.8. The molecule has 6 heteroatoms. The summed E-state index contributed by atoms with van der Waals surface area (Å²) < 4.78 is 1.81. The fraction of sp³-hybridized carbons (Fsp3) is 0.571. The molecule has 27 heavy (non-hydrogen) atoms. The van der Waals surface area contributed by atoms with Crippen LogP contribution in [0.2, 0.25) is 0 Å². The van der Waals surface area contributed by atoms with Crippen molar-refractivity contribution in [2.45, 2.75) is 64.8 Å². The average molecular weight is 370 g/mol. The van der Waals surface area contributed by atoms with Crippen LogP contribution in [0.4, 0.5) is 0 Å². The zero-order chi connectivity index (χ0) is 19.6. The topological polar surface area (TPSA) is 77.0 Å². The Hall–Kier alpha value is -2.21. The number of nitrogens with zero attached hydrogens (tertiary/aromatic N) is 4. The number of aromatic nitrogens is 3. The third-order valence-corrected chi connectivity index (χ3v) is 5.18. The van der Waals surface area contributed by atoms with E-state index in [2.05, 4.69) is 62.3 Å². The smallest absolute Gasteiger partial charge is 0.276 e. The summed E-state index contributed by atoms with van der Waals surface area (Å²) in [5.74, 6) is -0.0499. The Balaban J connectivity index is 1.92. The maximum Gasteiger partial charge on any atom is 0.276 e. The zero-order valence-corrected chi connectivity index (χ0v) is 16.9. The van der Waals surface area contributed by atoms with Gasteiger partial charge in [-0.3, -0.25) is 4.79 Å². The van der Waals surface area contributed by atoms with Crippen LogP contribution >= 0.6 is 0 Å². The van der Waals surface area contributed by atoms with E-state index >= 15 is 0 Å². The van der Waals surface area contributed by atoms with Gasteiger partial charge in [-0.1, -0.05) is 51.5 Å². The van der Waals surface area contributed by atoms with Gasteiger partial charge in [0.15, 0.2) is 5.69 Å². The summed E-state index contributed by atoms with van der Waals surface area (Å²) >= 11 is 0. The predicted molar refractivity (Wildman–Crippen MR) is 107 cm³/mol. The van der Waals surface area contributed by atoms with Gasteiger partial charge in [0.05, 0.1) is 11.4 Å². The molecule has 1 aromatic heterocycles. The molecular formula is C21H31N5O. The van der Waals surface area contributed by atoms with Crippen molar-refractivity contribution in [3.63, 3.8) is 0 Å². The number of carbonyl (C=O) groups is 1. The Labute approximate surface area is 161 Å². The molecule has 0 radical (unpaired) electrons. The third kappa shape index (κ3) is 4.21. The summed E-state index contributed by atoms with van der Waals surface area (Å²) in [7, 11) is 0. The van der Waals surface area contributed by atoms with E-state index < -0.39 is 0 Å². The fourth-order valence-electron chi connectivity index (χ4n) is 3.58. The molecule has 6 nitrogen and oxygen atoms in total. The van der Waals surface area contributed by atoms with Crippen LogP contribution in [-0.4, -0.2) is 44.9 Å². The minimum absolute atomic E-state index is 0.0499. The molecule has 1 aliphatic rings. The summed E-state index contributed by atoms with van der Waals surface area (Å²) in [6.07, 6.45) is 3.60. The molecule has 1 atom stereocenters. The second kappa shape index (κ2) is 7.80. The predicted octanol–water partition coefficient (Wildman–Crippen LogP) is 3.08. The van der Waals surface area contributed by atoms with Gasteiger partial charge in [-0.25, -0.2) is 4.68 Å². The Morgan fingerprint density at radius 1 is 1.26 bits per heavy atom. The Morgan fingerprint density at radius 2 is 1.96 bits per heavy atom. The minimum atomic E-state index is -0.0499. The molecular weight excluding hydrogens is 338 g/mol. The number of hydrogen-bond donors (Lipinski definition) is 1. The molecule has 0 saturated carbocycles. The van der Waals surface area contributed by atoms with Crippen LogP contribution in [0.3, 0.4) is 0 Å². The highest BCUT2D eigenvalue weighted by molar-refractivity contribution is 5.93. The Morgan fingerprint density at radius 3 is 2.56 bits per heavy atom. The Kier molecular flexibility index (Phi) is 5.65. The molecule has 1 aliphatic heterocycles. The molecule has 2 N–H and O–H groups in total. The lowest BCUT2D eigenvalue weighted by Gasteiger charge is -2.30. The molecule has 1 fully saturated rings. The van der Waals surface area contributed by atoms with Gasteiger partial charge in [0.25, 0.3) is 5.91 Å². The molecule has 1 saturated heterocycles. The zero-order valence-electron chi connectivity index (χ0n) is 16.9. The second-order valence-corrected chi connectivity index (χ2v) is 8.50. The van der Waals surface area contributed by atoms with Crippen LogP contribution in [-0.2, 0) is 11.8 Å². The molecule has 1 amide bonds. The SMILES string of the molecule is CCCc1c(C(=O)N2CCCC(N)C2)nnn1-c1ccc(C(C)(C)C)cc1. The lowest BCUT2D eigenvalue weighted by Crippen LogP contribution is -2.46. The summed E-state index contributed by atoms with van der Waals surface area (Å²) in [5.41, 5.74) is 9.69. The highest BCUT2D eigenvalue weighted by atomic mass is 16.2. The van der Waals surface area contributed by atoms with Crippen molar-refractivity contribution in [1.82, 2.24) is 19.9 Å². The molecule has 2 aromatic rings. The van der Waals surface area contributed by atoms with E-state index in [1.165, 1.54) is 5.56 Å². The number of amides is 1. The molecule has 2 heterocycles. The van der Waals surface area contributed by atoms with E-state index in [1.807, 2.05) is 9.58 Å². The van der Waals surface area contributed by atoms with Crippen molar-refractivity contribution in [3.05, 3.63) is 41.2 Å². The quantitative estimate of drug-likeness (QED) is 0.898. The number of nitrogens with two attached hydrogens (primary N) is 1. The largest absolute Gasteiger partial charge is 0.336 e. The first-order valence-corrected chi connectivity index (χ1v) is 9.91. The normalized spacial score (nSPS) is 18.0. The number of piperidine rings is 1. The van der Waals surface area contributed by atoms with Gasteiger partial charge in [-0.05, 0) is 42.4 Å². The number of likely N-dealkylation sites (tertiary alicyclic amines) is 1. The van der Waals surface area contributed by atoms with Crippen LogP contribution in [0.5, 0.6) is 0 Å². The van der Waals surface area contributed by atoms with Crippen molar-refractivity contribution in [3.8, 4) is 5.69 Å². The standard InChI is InChI=1S/C21H31N5O/c1-5-7-18-19(20(27)25-13-6-8-16(22)14-25)23-24-26(18)17-11-9-15(10-12-17)21(2,3)4/h9-12,16H,5-8,13-14,22H2,1-4H3. The van der Waals surface area contributed by atoms with Crippen LogP contribution in [0.25, 0.3) is 5.69 Å². The highest BCUT2D eigenvalue weighted by Gasteiger charge is 2.28. The van der Waals surface area contributed by atoms with E-state index in [4.69, 9.17) is 5.73 Å². The molecule has 3 rings (SSSR count). The summed E-state index contributed by atoms with van der Waals surface area (Å²) in [5, 5.41) is 8.58. The maximum atomic E-state index is 13.0. The number of carbonyl (C=O) groups excluding carboxylic acids is 1. The van der Waals surface area contributed by atoms with Crippen LogP contribution in [0, 0.1) is 0 Å². The van der Waals surface area contributed by atoms with Crippen molar-refractivity contribution in [1.29, 1.82) is 0 Å². The average Bonchev–Trinajstić information content (AvgIpc) is 3.04. The van der Waals surface area contributed by atoms with E-state index in [1.54, 1.807) is 0 Å². The Bertz CT molecular complexity index is 788. The van der Waals surface area contributed by atoms with Crippen molar-refractivity contribution >= 4 is 5.91 Å². The number of benzene rings is 1. The molecule has 1 unspecified atom stereocenters. The lowest BCUT2D eigenvalue weighted by atomic mass is 9.87. The molecule has 0 aliphatic carbocycles. The first kappa shape index (κ1) is 19.5. The van der Waals surface area contributed by atoms with Gasteiger partial charge >= 0.3 is 0 Å². The molecule has 1 aromatic carbocycles. The second-order valence-electron chi connectivity index (χ2n) is 8.50. The first-order chi connectivity index (χ1) is 12.8. The van der Waals surface area contributed by atoms with Crippen molar-refractivity contribution in [2.24, 2.45) is 5.73 Å². The van der Waals surface area contributed by atoms with Gasteiger partial charge < -0.3 is 10.6 Å². The van der Waals surface area contributed by atoms with Gasteiger partial charge in [0.2, 0.25) is 0 Å². The van der Waals surface area contributed by atoms with Gasteiger partial charge in [-0.2, -0.15) is 0 Å². The fourth-order valence-corrected chi connectivity index (χ4v) is 3.58. The van der Waals surface area contributed by atoms with E-state index in [0.29, 0.717) is 12.2 Å². The summed E-state index contributed by atoms with van der Waals surface area (Å²) in [6.45, 7) is 10.0. The number of rotatable bonds is 4. The number of hydrogen-bond acceptors (Lipinski definition) is 4. The minimum Gasteiger partial charge on any atom is -0.336 e. The third-order valence-electron chi connectivity index (χ3n) is 5.18. The van der Waals surface area contributed by atoms with E-state index in [0.717, 1.165) is 43.6 Å². The van der Waals surface area contributed by atoms with Crippen LogP contribution in [0.15, 0.2) is 24.3 Å². The summed E-state index contributed by atoms with van der Waals surface area (Å²) in [6, 6.07) is 8.41. The molecule has 0 spiro atoms. The van der Waals surface area contributed by atoms with Crippen molar-refractivity contribution < 1.29 is 4.79 Å². The van der Waals surface area contributed by atoms with E-state index in [9.17, 15) is 4.79 Å². The van der Waals surface area contributed by atoms with Gasteiger partial charge in [0, 0.05) is 19.1 Å². The monoisotopic (exact) mass is 369 g/mol. The van der Waals surface area contributed by atoms with Crippen molar-refractivity contribution in [2.75, 3.05) is 13.1 Å². The molecule has 146 valence electrons.